The zero-order chi connectivity index (χ0) is 29.2. The Bertz CT molecular complexity index is 1290. The second-order valence-corrected chi connectivity index (χ2v) is 10.8. The average Bonchev–Trinajstić information content (AvgIpc) is 2.99. The molecule has 2 nitrogen and oxygen atoms in total. The SMILES string of the molecule is C/C=C/C1CCC(c2ccc(-c3ccc(-c4ccc(OCCCCCCCCC)c(F)c4F)cc3)c(F)c2F)OC1. The van der Waals surface area contributed by atoms with Crippen molar-refractivity contribution in [3.63, 3.8) is 0 Å². The van der Waals surface area contributed by atoms with Crippen LogP contribution in [-0.2, 0) is 4.74 Å². The van der Waals surface area contributed by atoms with E-state index in [9.17, 15) is 8.78 Å². The minimum Gasteiger partial charge on any atom is -0.490 e. The van der Waals surface area contributed by atoms with Crippen LogP contribution in [-0.4, -0.2) is 13.2 Å². The molecule has 2 unspecified atom stereocenters. The number of allylic oxidation sites excluding steroid dienone is 1. The maximum absolute atomic E-state index is 15.1. The zero-order valence-corrected chi connectivity index (χ0v) is 24.0. The van der Waals surface area contributed by atoms with Crippen molar-refractivity contribution in [2.24, 2.45) is 5.92 Å². The number of rotatable bonds is 13. The van der Waals surface area contributed by atoms with Gasteiger partial charge in [0.25, 0.3) is 0 Å². The van der Waals surface area contributed by atoms with Crippen molar-refractivity contribution in [3.05, 3.63) is 89.5 Å². The fourth-order valence-corrected chi connectivity index (χ4v) is 5.41. The molecule has 0 aromatic heterocycles. The summed E-state index contributed by atoms with van der Waals surface area (Å²) in [5.74, 6) is -3.71. The van der Waals surface area contributed by atoms with E-state index >= 15 is 8.78 Å². The molecule has 0 saturated carbocycles. The maximum Gasteiger partial charge on any atom is 0.201 e. The minimum absolute atomic E-state index is 0.0741. The second kappa shape index (κ2) is 15.2. The highest BCUT2D eigenvalue weighted by atomic mass is 19.2. The van der Waals surface area contributed by atoms with Gasteiger partial charge in [-0.05, 0) is 49.4 Å². The van der Waals surface area contributed by atoms with Crippen LogP contribution in [0.3, 0.4) is 0 Å². The van der Waals surface area contributed by atoms with Gasteiger partial charge in [-0.3, -0.25) is 0 Å². The number of ether oxygens (including phenoxy) is 2. The molecule has 4 rings (SSSR count). The molecular formula is C35H40F4O2. The average molecular weight is 569 g/mol. The largest absolute Gasteiger partial charge is 0.490 e. The second-order valence-electron chi connectivity index (χ2n) is 10.8. The van der Waals surface area contributed by atoms with Crippen molar-refractivity contribution < 1.29 is 27.0 Å². The van der Waals surface area contributed by atoms with E-state index in [0.717, 1.165) is 25.7 Å². The first-order valence-electron chi connectivity index (χ1n) is 14.9. The van der Waals surface area contributed by atoms with Crippen LogP contribution in [0.4, 0.5) is 17.6 Å². The van der Waals surface area contributed by atoms with Crippen LogP contribution in [0.2, 0.25) is 0 Å². The predicted molar refractivity (Wildman–Crippen MR) is 157 cm³/mol. The molecule has 1 heterocycles. The highest BCUT2D eigenvalue weighted by Gasteiger charge is 2.26. The Balaban J connectivity index is 1.39. The number of halogens is 4. The molecule has 0 spiro atoms. The van der Waals surface area contributed by atoms with Gasteiger partial charge in [0.05, 0.1) is 19.3 Å². The smallest absolute Gasteiger partial charge is 0.201 e. The van der Waals surface area contributed by atoms with Crippen molar-refractivity contribution in [2.75, 3.05) is 13.2 Å². The van der Waals surface area contributed by atoms with Crippen molar-refractivity contribution in [1.82, 2.24) is 0 Å². The van der Waals surface area contributed by atoms with Gasteiger partial charge in [-0.1, -0.05) is 94.0 Å². The maximum atomic E-state index is 15.1. The number of unbranched alkanes of at least 4 members (excludes halogenated alkanes) is 6. The van der Waals surface area contributed by atoms with E-state index in [1.54, 1.807) is 36.4 Å². The summed E-state index contributed by atoms with van der Waals surface area (Å²) >= 11 is 0. The molecule has 41 heavy (non-hydrogen) atoms. The highest BCUT2D eigenvalue weighted by Crippen LogP contribution is 2.37. The Morgan fingerprint density at radius 1 is 0.732 bits per heavy atom. The number of hydrogen-bond acceptors (Lipinski definition) is 2. The van der Waals surface area contributed by atoms with Gasteiger partial charge in [0.1, 0.15) is 0 Å². The summed E-state index contributed by atoms with van der Waals surface area (Å²) in [6, 6.07) is 12.3. The molecule has 220 valence electrons. The molecule has 1 fully saturated rings. The summed E-state index contributed by atoms with van der Waals surface area (Å²) in [7, 11) is 0. The third kappa shape index (κ3) is 7.79. The summed E-state index contributed by atoms with van der Waals surface area (Å²) in [5, 5.41) is 0. The zero-order valence-electron chi connectivity index (χ0n) is 24.0. The lowest BCUT2D eigenvalue weighted by atomic mass is 9.92. The van der Waals surface area contributed by atoms with Crippen molar-refractivity contribution >= 4 is 0 Å². The number of benzene rings is 3. The quantitative estimate of drug-likeness (QED) is 0.116. The predicted octanol–water partition coefficient (Wildman–Crippen LogP) is 10.8. The highest BCUT2D eigenvalue weighted by molar-refractivity contribution is 5.71. The molecule has 1 aliphatic heterocycles. The van der Waals surface area contributed by atoms with Crippen LogP contribution < -0.4 is 4.74 Å². The molecule has 2 atom stereocenters. The monoisotopic (exact) mass is 568 g/mol. The molecule has 0 N–H and O–H groups in total. The molecule has 0 aliphatic carbocycles. The Morgan fingerprint density at radius 3 is 1.95 bits per heavy atom. The van der Waals surface area contributed by atoms with Gasteiger partial charge in [0, 0.05) is 22.6 Å². The van der Waals surface area contributed by atoms with Crippen LogP contribution >= 0.6 is 0 Å². The van der Waals surface area contributed by atoms with E-state index in [-0.39, 0.29) is 22.4 Å². The fourth-order valence-electron chi connectivity index (χ4n) is 5.41. The molecule has 3 aromatic carbocycles. The van der Waals surface area contributed by atoms with Crippen LogP contribution in [0.25, 0.3) is 22.3 Å². The molecule has 1 saturated heterocycles. The van der Waals surface area contributed by atoms with Gasteiger partial charge >= 0.3 is 0 Å². The third-order valence-electron chi connectivity index (χ3n) is 7.79. The number of hydrogen-bond donors (Lipinski definition) is 0. The third-order valence-corrected chi connectivity index (χ3v) is 7.79. The Hall–Kier alpha value is -3.12. The lowest BCUT2D eigenvalue weighted by Crippen LogP contribution is -2.20. The summed E-state index contributed by atoms with van der Waals surface area (Å²) in [4.78, 5) is 0. The molecular weight excluding hydrogens is 528 g/mol. The minimum atomic E-state index is -1.03. The van der Waals surface area contributed by atoms with E-state index in [1.165, 1.54) is 37.8 Å². The van der Waals surface area contributed by atoms with Crippen LogP contribution in [0.5, 0.6) is 5.75 Å². The topological polar surface area (TPSA) is 18.5 Å². The molecule has 0 bridgehead atoms. The first-order valence-corrected chi connectivity index (χ1v) is 14.9. The van der Waals surface area contributed by atoms with Crippen molar-refractivity contribution in [1.29, 1.82) is 0 Å². The Labute approximate surface area is 241 Å². The fraction of sp³-hybridized carbons (Fsp3) is 0.429. The van der Waals surface area contributed by atoms with Crippen LogP contribution in [0.15, 0.2) is 60.7 Å². The van der Waals surface area contributed by atoms with E-state index < -0.39 is 29.4 Å². The molecule has 0 amide bonds. The summed E-state index contributed by atoms with van der Waals surface area (Å²) < 4.78 is 71.2. The van der Waals surface area contributed by atoms with Crippen molar-refractivity contribution in [3.8, 4) is 28.0 Å². The molecule has 0 radical (unpaired) electrons. The van der Waals surface area contributed by atoms with E-state index in [0.29, 0.717) is 36.7 Å². The normalized spacial score (nSPS) is 17.3. The lowest BCUT2D eigenvalue weighted by molar-refractivity contribution is -0.00743. The lowest BCUT2D eigenvalue weighted by Gasteiger charge is -2.28. The van der Waals surface area contributed by atoms with E-state index in [4.69, 9.17) is 9.47 Å². The van der Waals surface area contributed by atoms with Crippen LogP contribution in [0.1, 0.15) is 83.3 Å². The van der Waals surface area contributed by atoms with Gasteiger partial charge in [-0.2, -0.15) is 4.39 Å². The first-order chi connectivity index (χ1) is 19.9. The van der Waals surface area contributed by atoms with E-state index in [1.807, 2.05) is 13.0 Å². The standard InChI is InChI=1S/C35H40F4O2/c1-3-5-6-7-8-9-10-22-40-31-21-19-28(33(37)35(31)39)26-15-13-25(14-16-26)27-17-18-29(34(38)32(27)36)30-20-12-24(11-4-2)23-41-30/h4,11,13-19,21,24,30H,3,5-10,12,20,22-23H2,1-2H3/b11-4+. The Kier molecular flexibility index (Phi) is 11.4. The summed E-state index contributed by atoms with van der Waals surface area (Å²) in [6.45, 7) is 4.94. The summed E-state index contributed by atoms with van der Waals surface area (Å²) in [5.41, 5.74) is 1.25. The van der Waals surface area contributed by atoms with Gasteiger partial charge < -0.3 is 9.47 Å². The molecule has 3 aromatic rings. The van der Waals surface area contributed by atoms with Gasteiger partial charge in [-0.15, -0.1) is 0 Å². The Morgan fingerprint density at radius 2 is 1.34 bits per heavy atom. The summed E-state index contributed by atoms with van der Waals surface area (Å²) in [6.07, 6.45) is 12.8. The van der Waals surface area contributed by atoms with Gasteiger partial charge in [0.2, 0.25) is 5.82 Å². The molecule has 1 aliphatic rings. The first kappa shape index (κ1) is 30.8. The molecule has 6 heteroatoms. The van der Waals surface area contributed by atoms with E-state index in [2.05, 4.69) is 13.0 Å². The van der Waals surface area contributed by atoms with Gasteiger partial charge in [0.15, 0.2) is 23.2 Å². The van der Waals surface area contributed by atoms with Crippen molar-refractivity contribution in [2.45, 2.75) is 77.7 Å². The van der Waals surface area contributed by atoms with Gasteiger partial charge in [-0.25, -0.2) is 13.2 Å². The van der Waals surface area contributed by atoms with Crippen LogP contribution in [0, 0.1) is 29.2 Å².